The minimum Gasteiger partial charge on any atom is -0.490 e. The van der Waals surface area contributed by atoms with Gasteiger partial charge in [-0.1, -0.05) is 0 Å². The molecule has 2 aliphatic heterocycles. The van der Waals surface area contributed by atoms with E-state index in [2.05, 4.69) is 4.98 Å². The van der Waals surface area contributed by atoms with E-state index in [9.17, 15) is 17.6 Å². The standard InChI is InChI=1S/C13H14F4N2O/c14-9-1-2-10-3-4-20-11-5-8(13(15,16)17)6-18-12(11)19(10)7-9/h5-6,9-10H,1-4,7H2. The van der Waals surface area contributed by atoms with Gasteiger partial charge in [-0.15, -0.1) is 0 Å². The summed E-state index contributed by atoms with van der Waals surface area (Å²) in [4.78, 5) is 5.63. The Morgan fingerprint density at radius 3 is 2.80 bits per heavy atom. The summed E-state index contributed by atoms with van der Waals surface area (Å²) in [5.74, 6) is 0.416. The van der Waals surface area contributed by atoms with Gasteiger partial charge in [-0.3, -0.25) is 0 Å². The van der Waals surface area contributed by atoms with Gasteiger partial charge in [0.25, 0.3) is 0 Å². The lowest BCUT2D eigenvalue weighted by Crippen LogP contribution is -2.44. The van der Waals surface area contributed by atoms with Crippen LogP contribution in [0, 0.1) is 0 Å². The molecule has 1 saturated heterocycles. The lowest BCUT2D eigenvalue weighted by molar-refractivity contribution is -0.137. The van der Waals surface area contributed by atoms with Crippen molar-refractivity contribution >= 4 is 5.82 Å². The van der Waals surface area contributed by atoms with Gasteiger partial charge in [0.05, 0.1) is 18.7 Å². The summed E-state index contributed by atoms with van der Waals surface area (Å²) >= 11 is 0. The van der Waals surface area contributed by atoms with Crippen LogP contribution in [0.25, 0.3) is 0 Å². The highest BCUT2D eigenvalue weighted by molar-refractivity contribution is 5.55. The molecule has 3 nitrogen and oxygen atoms in total. The number of halogens is 4. The third-order valence-corrected chi connectivity index (χ3v) is 3.79. The topological polar surface area (TPSA) is 25.4 Å². The second-order valence-electron chi connectivity index (χ2n) is 5.16. The van der Waals surface area contributed by atoms with Gasteiger partial charge in [0.15, 0.2) is 11.6 Å². The van der Waals surface area contributed by atoms with Gasteiger partial charge >= 0.3 is 6.18 Å². The van der Waals surface area contributed by atoms with Crippen LogP contribution >= 0.6 is 0 Å². The summed E-state index contributed by atoms with van der Waals surface area (Å²) in [6, 6.07) is 1.04. The molecular weight excluding hydrogens is 276 g/mol. The van der Waals surface area contributed by atoms with Crippen LogP contribution in [-0.2, 0) is 6.18 Å². The SMILES string of the molecule is FC1CCC2CCOc3cc(C(F)(F)F)cnc3N2C1. The first kappa shape index (κ1) is 13.5. The lowest BCUT2D eigenvalue weighted by atomic mass is 9.99. The van der Waals surface area contributed by atoms with Crippen LogP contribution in [0.15, 0.2) is 12.3 Å². The molecule has 0 saturated carbocycles. The van der Waals surface area contributed by atoms with Gasteiger partial charge in [-0.2, -0.15) is 13.2 Å². The first-order valence-corrected chi connectivity index (χ1v) is 6.56. The molecule has 1 aromatic rings. The maximum atomic E-state index is 13.6. The highest BCUT2D eigenvalue weighted by Crippen LogP contribution is 2.39. The lowest BCUT2D eigenvalue weighted by Gasteiger charge is -2.36. The molecule has 3 heterocycles. The summed E-state index contributed by atoms with van der Waals surface area (Å²) in [5.41, 5.74) is -0.844. The Hall–Kier alpha value is -1.53. The smallest absolute Gasteiger partial charge is 0.418 e. The maximum Gasteiger partial charge on any atom is 0.418 e. The zero-order chi connectivity index (χ0) is 14.3. The Kier molecular flexibility index (Phi) is 3.22. The summed E-state index contributed by atoms with van der Waals surface area (Å²) in [6.07, 6.45) is -2.82. The van der Waals surface area contributed by atoms with Gasteiger partial charge in [-0.25, -0.2) is 9.37 Å². The van der Waals surface area contributed by atoms with E-state index in [1.807, 2.05) is 0 Å². The minimum absolute atomic E-state index is 0.0903. The van der Waals surface area contributed by atoms with E-state index in [1.165, 1.54) is 0 Å². The summed E-state index contributed by atoms with van der Waals surface area (Å²) in [7, 11) is 0. The maximum absolute atomic E-state index is 13.6. The van der Waals surface area contributed by atoms with Crippen LogP contribution in [0.4, 0.5) is 23.4 Å². The average Bonchev–Trinajstić information content (AvgIpc) is 2.56. The predicted molar refractivity (Wildman–Crippen MR) is 64.6 cm³/mol. The second kappa shape index (κ2) is 4.79. The zero-order valence-electron chi connectivity index (χ0n) is 10.7. The Balaban J connectivity index is 1.98. The third-order valence-electron chi connectivity index (χ3n) is 3.79. The largest absolute Gasteiger partial charge is 0.490 e. The third kappa shape index (κ3) is 2.41. The van der Waals surface area contributed by atoms with Gasteiger partial charge in [0.1, 0.15) is 6.17 Å². The molecule has 0 spiro atoms. The van der Waals surface area contributed by atoms with Crippen molar-refractivity contribution in [1.29, 1.82) is 0 Å². The highest BCUT2D eigenvalue weighted by Gasteiger charge is 2.36. The van der Waals surface area contributed by atoms with Gasteiger partial charge < -0.3 is 9.64 Å². The average molecular weight is 290 g/mol. The summed E-state index contributed by atoms with van der Waals surface area (Å²) in [6.45, 7) is 0.494. The van der Waals surface area contributed by atoms with Crippen LogP contribution in [0.5, 0.6) is 5.75 Å². The molecule has 20 heavy (non-hydrogen) atoms. The number of piperidine rings is 1. The molecule has 0 bridgehead atoms. The van der Waals surface area contributed by atoms with E-state index in [4.69, 9.17) is 4.74 Å². The number of hydrogen-bond donors (Lipinski definition) is 0. The molecule has 110 valence electrons. The van der Waals surface area contributed by atoms with Gasteiger partial charge in [-0.05, 0) is 18.9 Å². The molecule has 2 atom stereocenters. The number of anilines is 1. The Bertz CT molecular complexity index is 506. The van der Waals surface area contributed by atoms with Crippen molar-refractivity contribution in [2.45, 2.75) is 37.7 Å². The second-order valence-corrected chi connectivity index (χ2v) is 5.16. The number of alkyl halides is 4. The summed E-state index contributed by atoms with van der Waals surface area (Å²) < 4.78 is 57.0. The fourth-order valence-corrected chi connectivity index (χ4v) is 2.76. The molecule has 3 rings (SSSR count). The molecule has 0 aliphatic carbocycles. The Labute approximate surface area is 113 Å². The number of aromatic nitrogens is 1. The minimum atomic E-state index is -4.46. The van der Waals surface area contributed by atoms with E-state index in [0.717, 1.165) is 12.3 Å². The van der Waals surface area contributed by atoms with Crippen LogP contribution in [0.3, 0.4) is 0 Å². The fourth-order valence-electron chi connectivity index (χ4n) is 2.76. The van der Waals surface area contributed by atoms with Gasteiger partial charge in [0, 0.05) is 18.7 Å². The number of pyridine rings is 1. The van der Waals surface area contributed by atoms with Crippen LogP contribution in [0.1, 0.15) is 24.8 Å². The molecular formula is C13H14F4N2O. The number of hydrogen-bond acceptors (Lipinski definition) is 3. The van der Waals surface area contributed by atoms with Crippen molar-refractivity contribution in [3.63, 3.8) is 0 Å². The van der Waals surface area contributed by atoms with Crippen LogP contribution < -0.4 is 9.64 Å². The molecule has 0 N–H and O–H groups in total. The highest BCUT2D eigenvalue weighted by atomic mass is 19.4. The van der Waals surface area contributed by atoms with Crippen LogP contribution in [0.2, 0.25) is 0 Å². The molecule has 2 aliphatic rings. The number of fused-ring (bicyclic) bond motifs is 3. The predicted octanol–water partition coefficient (Wildman–Crippen LogP) is 3.19. The first-order valence-electron chi connectivity index (χ1n) is 6.56. The molecule has 2 unspecified atom stereocenters. The first-order chi connectivity index (χ1) is 9.45. The van der Waals surface area contributed by atoms with Crippen molar-refractivity contribution in [3.05, 3.63) is 17.8 Å². The normalized spacial score (nSPS) is 26.3. The fraction of sp³-hybridized carbons (Fsp3) is 0.615. The van der Waals surface area contributed by atoms with E-state index < -0.39 is 17.9 Å². The van der Waals surface area contributed by atoms with E-state index in [-0.39, 0.29) is 18.3 Å². The number of rotatable bonds is 0. The summed E-state index contributed by atoms with van der Waals surface area (Å²) in [5, 5.41) is 0. The van der Waals surface area contributed by atoms with Crippen molar-refractivity contribution < 1.29 is 22.3 Å². The molecule has 1 aromatic heterocycles. The quantitative estimate of drug-likeness (QED) is 0.686. The van der Waals surface area contributed by atoms with E-state index in [1.54, 1.807) is 4.90 Å². The van der Waals surface area contributed by atoms with E-state index >= 15 is 0 Å². The molecule has 0 aromatic carbocycles. The molecule has 1 fully saturated rings. The van der Waals surface area contributed by atoms with Crippen molar-refractivity contribution in [2.24, 2.45) is 0 Å². The monoisotopic (exact) mass is 290 g/mol. The van der Waals surface area contributed by atoms with Gasteiger partial charge in [0.2, 0.25) is 0 Å². The van der Waals surface area contributed by atoms with E-state index in [0.29, 0.717) is 31.7 Å². The van der Waals surface area contributed by atoms with Crippen molar-refractivity contribution in [3.8, 4) is 5.75 Å². The number of nitrogens with zero attached hydrogens (tertiary/aromatic N) is 2. The van der Waals surface area contributed by atoms with Crippen molar-refractivity contribution in [1.82, 2.24) is 4.98 Å². The number of ether oxygens (including phenoxy) is 1. The molecule has 7 heteroatoms. The molecule has 0 radical (unpaired) electrons. The Morgan fingerprint density at radius 2 is 2.05 bits per heavy atom. The Morgan fingerprint density at radius 1 is 1.25 bits per heavy atom. The van der Waals surface area contributed by atoms with Crippen molar-refractivity contribution in [2.75, 3.05) is 18.1 Å². The van der Waals surface area contributed by atoms with Crippen LogP contribution in [-0.4, -0.2) is 30.3 Å². The zero-order valence-corrected chi connectivity index (χ0v) is 10.7. The molecule has 0 amide bonds.